The Hall–Kier alpha value is -1.26. The summed E-state index contributed by atoms with van der Waals surface area (Å²) in [5.41, 5.74) is 0.839. The minimum atomic E-state index is -0.519. The van der Waals surface area contributed by atoms with Crippen molar-refractivity contribution in [1.82, 2.24) is 5.32 Å². The van der Waals surface area contributed by atoms with Crippen molar-refractivity contribution in [3.63, 3.8) is 0 Å². The van der Waals surface area contributed by atoms with E-state index >= 15 is 0 Å². The van der Waals surface area contributed by atoms with Crippen LogP contribution in [0.2, 0.25) is 0 Å². The second-order valence-corrected chi connectivity index (χ2v) is 4.65. The molecule has 18 heavy (non-hydrogen) atoms. The number of hydrogen-bond acceptors (Lipinski definition) is 4. The molecule has 0 aliphatic carbocycles. The molecule has 4 nitrogen and oxygen atoms in total. The highest BCUT2D eigenvalue weighted by molar-refractivity contribution is 5.39. The molecule has 100 valence electrons. The molecule has 2 unspecified atom stereocenters. The fourth-order valence-corrected chi connectivity index (χ4v) is 2.38. The van der Waals surface area contributed by atoms with Crippen molar-refractivity contribution in [2.24, 2.45) is 0 Å². The Balaban J connectivity index is 2.19. The molecule has 0 amide bonds. The highest BCUT2D eigenvalue weighted by Gasteiger charge is 2.23. The van der Waals surface area contributed by atoms with Gasteiger partial charge in [-0.3, -0.25) is 0 Å². The van der Waals surface area contributed by atoms with E-state index < -0.39 is 6.10 Å². The number of nitrogens with one attached hydrogen (secondary N) is 1. The highest BCUT2D eigenvalue weighted by atomic mass is 16.5. The van der Waals surface area contributed by atoms with Gasteiger partial charge in [0.25, 0.3) is 0 Å². The third kappa shape index (κ3) is 2.94. The molecule has 1 fully saturated rings. The molecular weight excluding hydrogens is 230 g/mol. The van der Waals surface area contributed by atoms with Crippen LogP contribution in [0.5, 0.6) is 11.5 Å². The predicted molar refractivity (Wildman–Crippen MR) is 70.1 cm³/mol. The first-order chi connectivity index (χ1) is 8.74. The van der Waals surface area contributed by atoms with Crippen molar-refractivity contribution in [1.29, 1.82) is 0 Å². The minimum absolute atomic E-state index is 0.121. The molecule has 0 spiro atoms. The Bertz CT molecular complexity index is 366. The summed E-state index contributed by atoms with van der Waals surface area (Å²) in [6.07, 6.45) is 2.83. The molecule has 0 radical (unpaired) electrons. The fraction of sp³-hybridized carbons (Fsp3) is 0.571. The van der Waals surface area contributed by atoms with Gasteiger partial charge in [-0.05, 0) is 37.1 Å². The van der Waals surface area contributed by atoms with Gasteiger partial charge in [0.05, 0.1) is 20.3 Å². The SMILES string of the molecule is COc1cc(OC)cc(C(O)C2CCCCN2)c1. The number of hydrogen-bond donors (Lipinski definition) is 2. The molecule has 1 aliphatic heterocycles. The quantitative estimate of drug-likeness (QED) is 0.858. The van der Waals surface area contributed by atoms with Crippen molar-refractivity contribution in [3.05, 3.63) is 23.8 Å². The van der Waals surface area contributed by atoms with Crippen LogP contribution in [-0.2, 0) is 0 Å². The summed E-state index contributed by atoms with van der Waals surface area (Å²) in [5, 5.41) is 13.8. The van der Waals surface area contributed by atoms with Crippen molar-refractivity contribution in [2.75, 3.05) is 20.8 Å². The average Bonchev–Trinajstić information content (AvgIpc) is 2.46. The molecule has 0 bridgehead atoms. The number of aliphatic hydroxyl groups excluding tert-OH is 1. The number of aliphatic hydroxyl groups is 1. The van der Waals surface area contributed by atoms with Crippen LogP contribution in [0.1, 0.15) is 30.9 Å². The topological polar surface area (TPSA) is 50.7 Å². The summed E-state index contributed by atoms with van der Waals surface area (Å²) in [4.78, 5) is 0. The summed E-state index contributed by atoms with van der Waals surface area (Å²) in [6, 6.07) is 5.66. The number of methoxy groups -OCH3 is 2. The Morgan fingerprint density at radius 2 is 1.83 bits per heavy atom. The summed E-state index contributed by atoms with van der Waals surface area (Å²) >= 11 is 0. The maximum absolute atomic E-state index is 10.4. The Morgan fingerprint density at radius 1 is 1.17 bits per heavy atom. The maximum Gasteiger partial charge on any atom is 0.122 e. The van der Waals surface area contributed by atoms with Gasteiger partial charge in [-0.25, -0.2) is 0 Å². The van der Waals surface area contributed by atoms with Crippen LogP contribution in [0.4, 0.5) is 0 Å². The normalized spacial score (nSPS) is 21.4. The van der Waals surface area contributed by atoms with Gasteiger partial charge >= 0.3 is 0 Å². The van der Waals surface area contributed by atoms with Crippen LogP contribution in [0.3, 0.4) is 0 Å². The monoisotopic (exact) mass is 251 g/mol. The van der Waals surface area contributed by atoms with Crippen LogP contribution in [-0.4, -0.2) is 31.9 Å². The average molecular weight is 251 g/mol. The van der Waals surface area contributed by atoms with Gasteiger partial charge in [0.1, 0.15) is 11.5 Å². The van der Waals surface area contributed by atoms with Gasteiger partial charge in [0.2, 0.25) is 0 Å². The van der Waals surface area contributed by atoms with Crippen molar-refractivity contribution >= 4 is 0 Å². The van der Waals surface area contributed by atoms with Gasteiger partial charge in [0, 0.05) is 12.1 Å². The molecule has 2 atom stereocenters. The fourth-order valence-electron chi connectivity index (χ4n) is 2.38. The van der Waals surface area contributed by atoms with Gasteiger partial charge in [-0.2, -0.15) is 0 Å². The van der Waals surface area contributed by atoms with E-state index in [-0.39, 0.29) is 6.04 Å². The van der Waals surface area contributed by atoms with Gasteiger partial charge < -0.3 is 19.9 Å². The lowest BCUT2D eigenvalue weighted by molar-refractivity contribution is 0.113. The smallest absolute Gasteiger partial charge is 0.122 e. The van der Waals surface area contributed by atoms with E-state index in [2.05, 4.69) is 5.32 Å². The minimum Gasteiger partial charge on any atom is -0.497 e. The molecule has 1 aromatic rings. The first kappa shape index (κ1) is 13.2. The van der Waals surface area contributed by atoms with Crippen LogP contribution in [0.25, 0.3) is 0 Å². The Kier molecular flexibility index (Phi) is 4.44. The number of piperidine rings is 1. The van der Waals surface area contributed by atoms with E-state index in [0.29, 0.717) is 11.5 Å². The number of ether oxygens (including phenoxy) is 2. The third-order valence-electron chi connectivity index (χ3n) is 3.44. The van der Waals surface area contributed by atoms with Crippen molar-refractivity contribution in [2.45, 2.75) is 31.4 Å². The zero-order chi connectivity index (χ0) is 13.0. The zero-order valence-corrected chi connectivity index (χ0v) is 11.0. The standard InChI is InChI=1S/C14H21NO3/c1-17-11-7-10(8-12(9-11)18-2)14(16)13-5-3-4-6-15-13/h7-9,13-16H,3-6H2,1-2H3. The number of benzene rings is 1. The van der Waals surface area contributed by atoms with E-state index in [1.807, 2.05) is 18.2 Å². The molecule has 1 aromatic carbocycles. The molecule has 0 saturated carbocycles. The molecule has 1 saturated heterocycles. The van der Waals surface area contributed by atoms with E-state index in [9.17, 15) is 5.11 Å². The van der Waals surface area contributed by atoms with E-state index in [0.717, 1.165) is 24.9 Å². The van der Waals surface area contributed by atoms with Crippen LogP contribution >= 0.6 is 0 Å². The third-order valence-corrected chi connectivity index (χ3v) is 3.44. The molecule has 1 heterocycles. The van der Waals surface area contributed by atoms with Crippen molar-refractivity contribution < 1.29 is 14.6 Å². The summed E-state index contributed by atoms with van der Waals surface area (Å²) < 4.78 is 10.4. The highest BCUT2D eigenvalue weighted by Crippen LogP contribution is 2.29. The molecule has 4 heteroatoms. The number of rotatable bonds is 4. The van der Waals surface area contributed by atoms with E-state index in [1.165, 1.54) is 6.42 Å². The second kappa shape index (κ2) is 6.07. The predicted octanol–water partition coefficient (Wildman–Crippen LogP) is 1.88. The van der Waals surface area contributed by atoms with Crippen molar-refractivity contribution in [3.8, 4) is 11.5 Å². The Labute approximate surface area is 108 Å². The first-order valence-electron chi connectivity index (χ1n) is 6.39. The lowest BCUT2D eigenvalue weighted by atomic mass is 9.94. The summed E-state index contributed by atoms with van der Waals surface area (Å²) in [6.45, 7) is 0.975. The van der Waals surface area contributed by atoms with Crippen LogP contribution in [0.15, 0.2) is 18.2 Å². The molecule has 0 aromatic heterocycles. The van der Waals surface area contributed by atoms with Gasteiger partial charge in [-0.15, -0.1) is 0 Å². The molecule has 1 aliphatic rings. The summed E-state index contributed by atoms with van der Waals surface area (Å²) in [5.74, 6) is 1.42. The van der Waals surface area contributed by atoms with Crippen LogP contribution < -0.4 is 14.8 Å². The molecule has 2 rings (SSSR count). The molecule has 2 N–H and O–H groups in total. The summed E-state index contributed by atoms with van der Waals surface area (Å²) in [7, 11) is 3.23. The Morgan fingerprint density at radius 3 is 2.33 bits per heavy atom. The van der Waals surface area contributed by atoms with Gasteiger partial charge in [0.15, 0.2) is 0 Å². The molecular formula is C14H21NO3. The lowest BCUT2D eigenvalue weighted by Crippen LogP contribution is -2.38. The van der Waals surface area contributed by atoms with Gasteiger partial charge in [-0.1, -0.05) is 6.42 Å². The van der Waals surface area contributed by atoms with E-state index in [4.69, 9.17) is 9.47 Å². The second-order valence-electron chi connectivity index (χ2n) is 4.65. The maximum atomic E-state index is 10.4. The first-order valence-corrected chi connectivity index (χ1v) is 6.39. The largest absolute Gasteiger partial charge is 0.497 e. The lowest BCUT2D eigenvalue weighted by Gasteiger charge is -2.28. The zero-order valence-electron chi connectivity index (χ0n) is 11.0. The van der Waals surface area contributed by atoms with E-state index in [1.54, 1.807) is 14.2 Å². The van der Waals surface area contributed by atoms with Crippen LogP contribution in [0, 0.1) is 0 Å².